The number of methoxy groups -OCH3 is 1. The summed E-state index contributed by atoms with van der Waals surface area (Å²) in [6.45, 7) is 2.12. The first-order valence-electron chi connectivity index (χ1n) is 12.8. The molecule has 0 saturated carbocycles. The first-order chi connectivity index (χ1) is 19.1. The van der Waals surface area contributed by atoms with Crippen molar-refractivity contribution in [1.29, 1.82) is 0 Å². The van der Waals surface area contributed by atoms with Crippen LogP contribution in [0.1, 0.15) is 29.2 Å². The molecule has 0 bridgehead atoms. The van der Waals surface area contributed by atoms with Crippen LogP contribution in [0.3, 0.4) is 0 Å². The number of thiocarbonyl (C=S) groups is 1. The highest BCUT2D eigenvalue weighted by molar-refractivity contribution is 7.80. The number of rotatable bonds is 7. The molecule has 194 valence electrons. The molecule has 2 aromatic heterocycles. The fraction of sp³-hybridized carbons (Fsp3) is 0.125. The molecule has 5 aromatic rings. The van der Waals surface area contributed by atoms with E-state index in [1.807, 2.05) is 91.1 Å². The number of anilines is 1. The number of hydrogen-bond donors (Lipinski definition) is 1. The lowest BCUT2D eigenvalue weighted by Gasteiger charge is -2.29. The van der Waals surface area contributed by atoms with Gasteiger partial charge in [0.1, 0.15) is 23.3 Å². The van der Waals surface area contributed by atoms with Crippen molar-refractivity contribution in [3.8, 4) is 22.9 Å². The monoisotopic (exact) mass is 532 g/mol. The number of aryl methyl sites for hydroxylation is 1. The second-order valence-corrected chi connectivity index (χ2v) is 9.73. The molecule has 3 heterocycles. The molecule has 0 aliphatic carbocycles. The zero-order valence-corrected chi connectivity index (χ0v) is 22.5. The molecular weight excluding hydrogens is 504 g/mol. The molecule has 6 nitrogen and oxygen atoms in total. The Hall–Kier alpha value is -4.62. The number of para-hydroxylation sites is 1. The molecule has 1 N–H and O–H groups in total. The SMILES string of the molecule is COc1ccc(-n2c(C)ccc2[C@H]2[C@H](c3ccccn3)NC(=S)N2c2ccc(Oc3ccccc3)cc2)cc1. The van der Waals surface area contributed by atoms with Gasteiger partial charge in [0.05, 0.1) is 18.8 Å². The van der Waals surface area contributed by atoms with Gasteiger partial charge < -0.3 is 24.3 Å². The fourth-order valence-corrected chi connectivity index (χ4v) is 5.45. The van der Waals surface area contributed by atoms with Crippen molar-refractivity contribution < 1.29 is 9.47 Å². The van der Waals surface area contributed by atoms with Gasteiger partial charge in [-0.3, -0.25) is 4.98 Å². The Morgan fingerprint density at radius 1 is 0.744 bits per heavy atom. The molecule has 0 spiro atoms. The van der Waals surface area contributed by atoms with E-state index in [1.165, 1.54) is 0 Å². The van der Waals surface area contributed by atoms with Gasteiger partial charge in [0.25, 0.3) is 0 Å². The zero-order chi connectivity index (χ0) is 26.8. The van der Waals surface area contributed by atoms with Gasteiger partial charge in [-0.1, -0.05) is 24.3 Å². The number of nitrogens with zero attached hydrogens (tertiary/aromatic N) is 3. The van der Waals surface area contributed by atoms with Gasteiger partial charge >= 0.3 is 0 Å². The predicted octanol–water partition coefficient (Wildman–Crippen LogP) is 7.16. The molecule has 2 atom stereocenters. The van der Waals surface area contributed by atoms with Gasteiger partial charge in [-0.15, -0.1) is 0 Å². The number of nitrogens with one attached hydrogen (secondary N) is 1. The molecule has 0 unspecified atom stereocenters. The Bertz CT molecular complexity index is 1570. The quantitative estimate of drug-likeness (QED) is 0.225. The van der Waals surface area contributed by atoms with Crippen LogP contribution in [0.25, 0.3) is 5.69 Å². The zero-order valence-electron chi connectivity index (χ0n) is 21.7. The lowest BCUT2D eigenvalue weighted by Crippen LogP contribution is -2.30. The summed E-state index contributed by atoms with van der Waals surface area (Å²) < 4.78 is 13.7. The maximum absolute atomic E-state index is 6.03. The van der Waals surface area contributed by atoms with Crippen LogP contribution in [0.5, 0.6) is 17.2 Å². The third kappa shape index (κ3) is 4.84. The molecule has 0 amide bonds. The molecule has 1 fully saturated rings. The molecule has 0 radical (unpaired) electrons. The van der Waals surface area contributed by atoms with Crippen LogP contribution < -0.4 is 19.7 Å². The number of ether oxygens (including phenoxy) is 2. The first-order valence-corrected chi connectivity index (χ1v) is 13.2. The summed E-state index contributed by atoms with van der Waals surface area (Å²) in [4.78, 5) is 6.87. The number of aromatic nitrogens is 2. The Morgan fingerprint density at radius 3 is 2.10 bits per heavy atom. The highest BCUT2D eigenvalue weighted by Gasteiger charge is 2.42. The molecule has 1 aliphatic heterocycles. The van der Waals surface area contributed by atoms with Crippen LogP contribution >= 0.6 is 12.2 Å². The summed E-state index contributed by atoms with van der Waals surface area (Å²) in [7, 11) is 1.68. The molecule has 7 heteroatoms. The second-order valence-electron chi connectivity index (χ2n) is 9.34. The highest BCUT2D eigenvalue weighted by Crippen LogP contribution is 2.43. The van der Waals surface area contributed by atoms with Gasteiger partial charge in [0, 0.05) is 29.0 Å². The number of benzene rings is 3. The van der Waals surface area contributed by atoms with Crippen LogP contribution in [0.4, 0.5) is 5.69 Å². The van der Waals surface area contributed by atoms with Gasteiger partial charge in [0.15, 0.2) is 5.11 Å². The predicted molar refractivity (Wildman–Crippen MR) is 158 cm³/mol. The van der Waals surface area contributed by atoms with Crippen LogP contribution in [0.15, 0.2) is 115 Å². The molecule has 6 rings (SSSR count). The Kier molecular flexibility index (Phi) is 6.73. The second kappa shape index (κ2) is 10.6. The van der Waals surface area contributed by atoms with E-state index in [9.17, 15) is 0 Å². The van der Waals surface area contributed by atoms with Gasteiger partial charge in [-0.25, -0.2) is 0 Å². The van der Waals surface area contributed by atoms with Crippen molar-refractivity contribution in [2.45, 2.75) is 19.0 Å². The van der Waals surface area contributed by atoms with E-state index >= 15 is 0 Å². The van der Waals surface area contributed by atoms with Crippen molar-refractivity contribution in [2.75, 3.05) is 12.0 Å². The lowest BCUT2D eigenvalue weighted by atomic mass is 10.0. The van der Waals surface area contributed by atoms with Gasteiger partial charge in [0.2, 0.25) is 0 Å². The van der Waals surface area contributed by atoms with Crippen LogP contribution in [-0.4, -0.2) is 21.8 Å². The average molecular weight is 533 g/mol. The van der Waals surface area contributed by atoms with E-state index in [4.69, 9.17) is 26.7 Å². The number of hydrogen-bond acceptors (Lipinski definition) is 4. The van der Waals surface area contributed by atoms with Crippen molar-refractivity contribution >= 4 is 23.0 Å². The number of pyridine rings is 1. The minimum absolute atomic E-state index is 0.148. The Balaban J connectivity index is 1.42. The summed E-state index contributed by atoms with van der Waals surface area (Å²) in [5, 5.41) is 4.20. The summed E-state index contributed by atoms with van der Waals surface area (Å²) in [5.74, 6) is 2.38. The van der Waals surface area contributed by atoms with E-state index in [1.54, 1.807) is 7.11 Å². The Morgan fingerprint density at radius 2 is 1.41 bits per heavy atom. The average Bonchev–Trinajstić information content (AvgIpc) is 3.53. The van der Waals surface area contributed by atoms with Gasteiger partial charge in [-0.2, -0.15) is 0 Å². The van der Waals surface area contributed by atoms with Crippen LogP contribution in [0, 0.1) is 6.92 Å². The van der Waals surface area contributed by atoms with Crippen molar-refractivity contribution in [3.05, 3.63) is 132 Å². The third-order valence-corrected chi connectivity index (χ3v) is 7.25. The Labute approximate surface area is 233 Å². The van der Waals surface area contributed by atoms with Crippen molar-refractivity contribution in [3.63, 3.8) is 0 Å². The molecule has 1 aliphatic rings. The minimum atomic E-state index is -0.149. The smallest absolute Gasteiger partial charge is 0.174 e. The fourth-order valence-electron chi connectivity index (χ4n) is 5.11. The summed E-state index contributed by atoms with van der Waals surface area (Å²) in [6, 6.07) is 35.9. The van der Waals surface area contributed by atoms with Crippen LogP contribution in [-0.2, 0) is 0 Å². The van der Waals surface area contributed by atoms with E-state index < -0.39 is 0 Å². The van der Waals surface area contributed by atoms with E-state index in [2.05, 4.69) is 46.0 Å². The van der Waals surface area contributed by atoms with E-state index in [0.717, 1.165) is 45.7 Å². The standard InChI is InChI=1S/C32H28N4O2S/c1-22-11-20-29(35(22)23-12-16-25(37-2)17-13-23)31-30(28-10-6-7-21-33-28)34-32(39)36(31)24-14-18-27(19-15-24)38-26-8-4-3-5-9-26/h3-21,30-31H,1-2H3,(H,34,39)/t30-,31-/m0/s1. The summed E-state index contributed by atoms with van der Waals surface area (Å²) in [6.07, 6.45) is 1.82. The van der Waals surface area contributed by atoms with Gasteiger partial charge in [-0.05, 0) is 104 Å². The molecule has 39 heavy (non-hydrogen) atoms. The maximum atomic E-state index is 6.03. The van der Waals surface area contributed by atoms with Crippen LogP contribution in [0.2, 0.25) is 0 Å². The minimum Gasteiger partial charge on any atom is -0.497 e. The van der Waals surface area contributed by atoms with E-state index in [-0.39, 0.29) is 12.1 Å². The van der Waals surface area contributed by atoms with Crippen molar-refractivity contribution in [2.24, 2.45) is 0 Å². The largest absolute Gasteiger partial charge is 0.497 e. The lowest BCUT2D eigenvalue weighted by molar-refractivity contribution is 0.414. The maximum Gasteiger partial charge on any atom is 0.174 e. The molecule has 3 aromatic carbocycles. The van der Waals surface area contributed by atoms with E-state index in [0.29, 0.717) is 5.11 Å². The third-order valence-electron chi connectivity index (χ3n) is 6.93. The first kappa shape index (κ1) is 24.7. The summed E-state index contributed by atoms with van der Waals surface area (Å²) in [5.41, 5.74) is 5.18. The summed E-state index contributed by atoms with van der Waals surface area (Å²) >= 11 is 5.94. The molecule has 1 saturated heterocycles. The highest BCUT2D eigenvalue weighted by atomic mass is 32.1. The topological polar surface area (TPSA) is 51.5 Å². The normalized spacial score (nSPS) is 16.7. The van der Waals surface area contributed by atoms with Crippen molar-refractivity contribution in [1.82, 2.24) is 14.9 Å². The molecular formula is C32H28N4O2S.